The molecule has 2 N–H and O–H groups in total. The molecule has 2 aromatic carbocycles. The van der Waals surface area contributed by atoms with E-state index in [0.29, 0.717) is 11.3 Å². The van der Waals surface area contributed by atoms with Crippen molar-refractivity contribution in [1.29, 1.82) is 0 Å². The van der Waals surface area contributed by atoms with Crippen molar-refractivity contribution in [3.8, 4) is 5.75 Å². The Hall–Kier alpha value is -2.60. The van der Waals surface area contributed by atoms with Gasteiger partial charge < -0.3 is 10.4 Å². The normalized spacial score (nSPS) is 10.2. The second-order valence-electron chi connectivity index (χ2n) is 4.37. The van der Waals surface area contributed by atoms with Crippen LogP contribution in [0.1, 0.15) is 15.9 Å². The number of benzene rings is 2. The molecule has 0 aromatic heterocycles. The number of aromatic hydroxyl groups is 1. The first kappa shape index (κ1) is 14.8. The van der Waals surface area contributed by atoms with Crippen molar-refractivity contribution in [3.63, 3.8) is 0 Å². The monoisotopic (exact) mass is 306 g/mol. The summed E-state index contributed by atoms with van der Waals surface area (Å²) in [4.78, 5) is 22.4. The average molecular weight is 307 g/mol. The SMILES string of the molecule is Cc1cc(NC(=O)c2ccc(Cl)cc2[N+](=O)[O-])ccc1O. The molecule has 0 unspecified atom stereocenters. The number of aryl methyl sites for hydroxylation is 1. The number of phenols is 1. The maximum absolute atomic E-state index is 12.1. The average Bonchev–Trinajstić information content (AvgIpc) is 2.42. The van der Waals surface area contributed by atoms with Crippen LogP contribution >= 0.6 is 11.6 Å². The molecule has 0 aliphatic heterocycles. The molecule has 7 heteroatoms. The molecule has 0 aliphatic carbocycles. The van der Waals surface area contributed by atoms with E-state index in [9.17, 15) is 20.0 Å². The predicted octanol–water partition coefficient (Wildman–Crippen LogP) is 3.51. The highest BCUT2D eigenvalue weighted by Gasteiger charge is 2.20. The number of nitro groups is 1. The number of nitro benzene ring substituents is 1. The van der Waals surface area contributed by atoms with Gasteiger partial charge in [-0.25, -0.2) is 0 Å². The minimum Gasteiger partial charge on any atom is -0.508 e. The molecule has 108 valence electrons. The number of carbonyl (C=O) groups is 1. The largest absolute Gasteiger partial charge is 0.508 e. The predicted molar refractivity (Wildman–Crippen MR) is 78.9 cm³/mol. The van der Waals surface area contributed by atoms with Crippen molar-refractivity contribution < 1.29 is 14.8 Å². The highest BCUT2D eigenvalue weighted by molar-refractivity contribution is 6.31. The third kappa shape index (κ3) is 3.29. The van der Waals surface area contributed by atoms with E-state index >= 15 is 0 Å². The minimum absolute atomic E-state index is 0.0878. The van der Waals surface area contributed by atoms with Crippen LogP contribution in [-0.4, -0.2) is 15.9 Å². The van der Waals surface area contributed by atoms with E-state index in [1.54, 1.807) is 13.0 Å². The van der Waals surface area contributed by atoms with Crippen LogP contribution in [0.15, 0.2) is 36.4 Å². The van der Waals surface area contributed by atoms with Gasteiger partial charge in [-0.3, -0.25) is 14.9 Å². The van der Waals surface area contributed by atoms with E-state index in [4.69, 9.17) is 11.6 Å². The molecule has 0 heterocycles. The third-order valence-electron chi connectivity index (χ3n) is 2.86. The number of hydrogen-bond donors (Lipinski definition) is 2. The lowest BCUT2D eigenvalue weighted by Gasteiger charge is -2.07. The van der Waals surface area contributed by atoms with E-state index in [1.807, 2.05) is 0 Å². The van der Waals surface area contributed by atoms with Gasteiger partial charge in [-0.05, 0) is 42.8 Å². The van der Waals surface area contributed by atoms with Crippen LogP contribution in [0.4, 0.5) is 11.4 Å². The molecular formula is C14H11ClN2O4. The second-order valence-corrected chi connectivity index (χ2v) is 4.81. The van der Waals surface area contributed by atoms with Gasteiger partial charge in [0.2, 0.25) is 0 Å². The van der Waals surface area contributed by atoms with Crippen molar-refractivity contribution in [2.45, 2.75) is 6.92 Å². The molecule has 0 aliphatic rings. The maximum Gasteiger partial charge on any atom is 0.283 e. The van der Waals surface area contributed by atoms with Gasteiger partial charge in [-0.1, -0.05) is 11.6 Å². The summed E-state index contributed by atoms with van der Waals surface area (Å²) in [5.41, 5.74) is 0.559. The zero-order valence-electron chi connectivity index (χ0n) is 11.0. The van der Waals surface area contributed by atoms with Gasteiger partial charge in [0.25, 0.3) is 11.6 Å². The number of amides is 1. The van der Waals surface area contributed by atoms with Gasteiger partial charge in [-0.15, -0.1) is 0 Å². The molecule has 0 spiro atoms. The van der Waals surface area contributed by atoms with E-state index in [2.05, 4.69) is 5.32 Å². The lowest BCUT2D eigenvalue weighted by Crippen LogP contribution is -2.14. The highest BCUT2D eigenvalue weighted by atomic mass is 35.5. The molecule has 2 aromatic rings. The fourth-order valence-corrected chi connectivity index (χ4v) is 1.95. The van der Waals surface area contributed by atoms with Crippen LogP contribution < -0.4 is 5.32 Å². The van der Waals surface area contributed by atoms with Crippen LogP contribution in [0.2, 0.25) is 5.02 Å². The zero-order valence-corrected chi connectivity index (χ0v) is 11.7. The highest BCUT2D eigenvalue weighted by Crippen LogP contribution is 2.25. The third-order valence-corrected chi connectivity index (χ3v) is 3.09. The number of nitrogens with zero attached hydrogens (tertiary/aromatic N) is 1. The Labute approximate surface area is 125 Å². The molecule has 0 saturated carbocycles. The summed E-state index contributed by atoms with van der Waals surface area (Å²) in [6.45, 7) is 1.68. The molecule has 0 saturated heterocycles. The number of rotatable bonds is 3. The van der Waals surface area contributed by atoms with Crippen molar-refractivity contribution in [2.75, 3.05) is 5.32 Å². The fourth-order valence-electron chi connectivity index (χ4n) is 1.78. The van der Waals surface area contributed by atoms with Crippen LogP contribution in [0, 0.1) is 17.0 Å². The first-order valence-electron chi connectivity index (χ1n) is 5.93. The number of halogens is 1. The molecule has 0 bridgehead atoms. The number of nitrogens with one attached hydrogen (secondary N) is 1. The Morgan fingerprint density at radius 2 is 2.00 bits per heavy atom. The Morgan fingerprint density at radius 3 is 2.62 bits per heavy atom. The zero-order chi connectivity index (χ0) is 15.6. The van der Waals surface area contributed by atoms with E-state index in [0.717, 1.165) is 6.07 Å². The quantitative estimate of drug-likeness (QED) is 0.515. The molecule has 2 rings (SSSR count). The van der Waals surface area contributed by atoms with Gasteiger partial charge in [0.1, 0.15) is 11.3 Å². The number of phenolic OH excluding ortho intramolecular Hbond substituents is 1. The van der Waals surface area contributed by atoms with E-state index in [-0.39, 0.29) is 22.0 Å². The van der Waals surface area contributed by atoms with Crippen molar-refractivity contribution in [2.24, 2.45) is 0 Å². The van der Waals surface area contributed by atoms with Gasteiger partial charge in [-0.2, -0.15) is 0 Å². The smallest absolute Gasteiger partial charge is 0.283 e. The van der Waals surface area contributed by atoms with Crippen LogP contribution in [-0.2, 0) is 0 Å². The van der Waals surface area contributed by atoms with Gasteiger partial charge >= 0.3 is 0 Å². The summed E-state index contributed by atoms with van der Waals surface area (Å²) in [7, 11) is 0. The Morgan fingerprint density at radius 1 is 1.29 bits per heavy atom. The topological polar surface area (TPSA) is 92.5 Å². The Bertz CT molecular complexity index is 731. The van der Waals surface area contributed by atoms with Crippen molar-refractivity contribution in [1.82, 2.24) is 0 Å². The van der Waals surface area contributed by atoms with Crippen LogP contribution in [0.3, 0.4) is 0 Å². The van der Waals surface area contributed by atoms with Crippen LogP contribution in [0.5, 0.6) is 5.75 Å². The van der Waals surface area contributed by atoms with Gasteiger partial charge in [0.15, 0.2) is 0 Å². The van der Waals surface area contributed by atoms with Crippen molar-refractivity contribution in [3.05, 3.63) is 62.7 Å². The summed E-state index contributed by atoms with van der Waals surface area (Å²) < 4.78 is 0. The summed E-state index contributed by atoms with van der Waals surface area (Å²) in [6, 6.07) is 8.32. The molecule has 0 atom stereocenters. The molecule has 6 nitrogen and oxygen atoms in total. The number of carbonyl (C=O) groups excluding carboxylic acids is 1. The Kier molecular flexibility index (Phi) is 4.09. The number of anilines is 1. The minimum atomic E-state index is -0.664. The summed E-state index contributed by atoms with van der Waals surface area (Å²) in [6.07, 6.45) is 0. The molecule has 0 radical (unpaired) electrons. The first-order chi connectivity index (χ1) is 9.88. The lowest BCUT2D eigenvalue weighted by molar-refractivity contribution is -0.385. The van der Waals surface area contributed by atoms with Gasteiger partial charge in [0.05, 0.1) is 4.92 Å². The number of hydrogen-bond acceptors (Lipinski definition) is 4. The molecular weight excluding hydrogens is 296 g/mol. The molecule has 1 amide bonds. The lowest BCUT2D eigenvalue weighted by atomic mass is 10.1. The standard InChI is InChI=1S/C14H11ClN2O4/c1-8-6-10(3-5-13(8)18)16-14(19)11-4-2-9(15)7-12(11)17(20)21/h2-7,18H,1H3,(H,16,19). The van der Waals surface area contributed by atoms with Crippen molar-refractivity contribution >= 4 is 28.9 Å². The first-order valence-corrected chi connectivity index (χ1v) is 6.31. The second kappa shape index (κ2) is 5.80. The summed E-state index contributed by atoms with van der Waals surface area (Å²) in [5, 5.41) is 23.1. The molecule has 21 heavy (non-hydrogen) atoms. The molecule has 0 fully saturated rings. The summed E-state index contributed by atoms with van der Waals surface area (Å²) in [5.74, 6) is -0.520. The fraction of sp³-hybridized carbons (Fsp3) is 0.0714. The summed E-state index contributed by atoms with van der Waals surface area (Å²) >= 11 is 5.70. The van der Waals surface area contributed by atoms with Crippen LogP contribution in [0.25, 0.3) is 0 Å². The van der Waals surface area contributed by atoms with E-state index < -0.39 is 10.8 Å². The Balaban J connectivity index is 2.32. The maximum atomic E-state index is 12.1. The van der Waals surface area contributed by atoms with E-state index in [1.165, 1.54) is 24.3 Å². The van der Waals surface area contributed by atoms with Gasteiger partial charge in [0, 0.05) is 16.8 Å².